The normalized spacial score (nSPS) is 19.2. The molecule has 0 bridgehead atoms. The van der Waals surface area contributed by atoms with Crippen LogP contribution in [0.25, 0.3) is 20.4 Å². The van der Waals surface area contributed by atoms with Gasteiger partial charge in [0.15, 0.2) is 14.3 Å². The first-order valence-corrected chi connectivity index (χ1v) is 12.3. The van der Waals surface area contributed by atoms with Gasteiger partial charge in [0.1, 0.15) is 0 Å². The van der Waals surface area contributed by atoms with Crippen molar-refractivity contribution in [3.05, 3.63) is 59.2 Å². The van der Waals surface area contributed by atoms with Crippen LogP contribution in [-0.4, -0.2) is 44.1 Å². The molecule has 1 unspecified atom stereocenters. The number of aliphatic hydroxyl groups is 2. The van der Waals surface area contributed by atoms with E-state index in [1.54, 1.807) is 0 Å². The van der Waals surface area contributed by atoms with Crippen molar-refractivity contribution in [1.82, 2.24) is 9.97 Å². The maximum Gasteiger partial charge on any atom is 0.375 e. The Balaban J connectivity index is 1.43. The number of aromatic nitrogens is 2. The maximum absolute atomic E-state index is 12.2. The fraction of sp³-hybridized carbons (Fsp3) is 0.150. The molecule has 0 saturated carbocycles. The molecule has 2 aromatic carbocycles. The monoisotopic (exact) mass is 474 g/mol. The van der Waals surface area contributed by atoms with Crippen molar-refractivity contribution >= 4 is 72.6 Å². The van der Waals surface area contributed by atoms with Crippen LogP contribution >= 0.6 is 46.2 Å². The second-order valence-corrected chi connectivity index (χ2v) is 11.0. The van der Waals surface area contributed by atoms with E-state index in [4.69, 9.17) is 4.74 Å². The average Bonchev–Trinajstić information content (AvgIpc) is 3.42. The van der Waals surface area contributed by atoms with Crippen LogP contribution in [0.5, 0.6) is 0 Å². The number of para-hydroxylation sites is 2. The van der Waals surface area contributed by atoms with E-state index in [2.05, 4.69) is 9.97 Å². The number of thioether (sulfide) groups is 2. The fourth-order valence-electron chi connectivity index (χ4n) is 3.04. The minimum absolute atomic E-state index is 0.229. The molecule has 30 heavy (non-hydrogen) atoms. The predicted molar refractivity (Wildman–Crippen MR) is 121 cm³/mol. The van der Waals surface area contributed by atoms with Gasteiger partial charge in [0.05, 0.1) is 31.9 Å². The lowest BCUT2D eigenvalue weighted by molar-refractivity contribution is -0.149. The van der Waals surface area contributed by atoms with Crippen molar-refractivity contribution < 1.29 is 19.7 Å². The number of esters is 1. The molecule has 10 heteroatoms. The van der Waals surface area contributed by atoms with E-state index in [9.17, 15) is 15.0 Å². The smallest absolute Gasteiger partial charge is 0.375 e. The van der Waals surface area contributed by atoms with E-state index in [-0.39, 0.29) is 10.7 Å². The number of ether oxygens (including phenoxy) is 1. The third-order valence-corrected chi connectivity index (χ3v) is 9.28. The third-order valence-electron chi connectivity index (χ3n) is 4.53. The van der Waals surface area contributed by atoms with Gasteiger partial charge in [-0.1, -0.05) is 47.8 Å². The minimum atomic E-state index is -1.34. The highest BCUT2D eigenvalue weighted by Crippen LogP contribution is 2.47. The number of carbonyl (C=O) groups is 1. The summed E-state index contributed by atoms with van der Waals surface area (Å²) >= 11 is 5.54. The standard InChI is InChI=1S/C20H14N2O4S4/c23-9-20(10-27-18-21-11-5-1-3-7-13(11)28-18)16(15(24)17(25)26-20)30-19-22-12-6-2-4-8-14(12)29-19/h1-8,23-24H,9-10H2. The van der Waals surface area contributed by atoms with Crippen LogP contribution < -0.4 is 0 Å². The highest BCUT2D eigenvalue weighted by Gasteiger charge is 2.49. The summed E-state index contributed by atoms with van der Waals surface area (Å²) in [7, 11) is 0. The summed E-state index contributed by atoms with van der Waals surface area (Å²) in [5.41, 5.74) is 0.398. The topological polar surface area (TPSA) is 92.5 Å². The molecule has 0 spiro atoms. The number of carbonyl (C=O) groups excluding carboxylic acids is 1. The zero-order chi connectivity index (χ0) is 20.7. The Morgan fingerprint density at radius 1 is 0.967 bits per heavy atom. The van der Waals surface area contributed by atoms with Crippen molar-refractivity contribution in [2.75, 3.05) is 12.4 Å². The summed E-state index contributed by atoms with van der Waals surface area (Å²) < 4.78 is 8.99. The molecule has 4 aromatic rings. The van der Waals surface area contributed by atoms with E-state index in [0.717, 1.165) is 36.5 Å². The number of benzene rings is 2. The Hall–Kier alpha value is -2.11. The molecule has 0 radical (unpaired) electrons. The molecule has 1 aliphatic rings. The van der Waals surface area contributed by atoms with Crippen molar-refractivity contribution in [1.29, 1.82) is 0 Å². The Bertz CT molecular complexity index is 1230. The number of cyclic esters (lactones) is 1. The Kier molecular flexibility index (Phi) is 5.19. The van der Waals surface area contributed by atoms with Crippen LogP contribution in [0, 0.1) is 0 Å². The van der Waals surface area contributed by atoms with Crippen LogP contribution in [0.15, 0.2) is 67.9 Å². The molecule has 6 nitrogen and oxygen atoms in total. The average molecular weight is 475 g/mol. The molecular formula is C20H14N2O4S4. The lowest BCUT2D eigenvalue weighted by Crippen LogP contribution is -2.38. The van der Waals surface area contributed by atoms with Crippen molar-refractivity contribution in [3.8, 4) is 0 Å². The van der Waals surface area contributed by atoms with E-state index in [0.29, 0.717) is 4.34 Å². The Morgan fingerprint density at radius 2 is 1.57 bits per heavy atom. The molecule has 0 fully saturated rings. The number of thiazole rings is 2. The van der Waals surface area contributed by atoms with Crippen molar-refractivity contribution in [2.45, 2.75) is 14.3 Å². The van der Waals surface area contributed by atoms with Crippen LogP contribution in [0.1, 0.15) is 0 Å². The minimum Gasteiger partial charge on any atom is -0.501 e. The highest BCUT2D eigenvalue weighted by molar-refractivity contribution is 8.05. The van der Waals surface area contributed by atoms with Gasteiger partial charge in [-0.2, -0.15) is 0 Å². The number of rotatable bonds is 6. The molecule has 152 valence electrons. The zero-order valence-electron chi connectivity index (χ0n) is 15.3. The first-order valence-electron chi connectivity index (χ1n) is 8.88. The van der Waals surface area contributed by atoms with Gasteiger partial charge in [-0.25, -0.2) is 14.8 Å². The number of hydrogen-bond donors (Lipinski definition) is 2. The summed E-state index contributed by atoms with van der Waals surface area (Å²) in [5, 5.41) is 20.6. The highest BCUT2D eigenvalue weighted by atomic mass is 32.2. The lowest BCUT2D eigenvalue weighted by atomic mass is 10.1. The Labute approximate surface area is 187 Å². The Morgan fingerprint density at radius 3 is 2.20 bits per heavy atom. The summed E-state index contributed by atoms with van der Waals surface area (Å²) in [4.78, 5) is 21.6. The molecule has 3 heterocycles. The van der Waals surface area contributed by atoms with Crippen LogP contribution in [0.3, 0.4) is 0 Å². The molecule has 0 amide bonds. The molecule has 5 rings (SSSR count). The summed E-state index contributed by atoms with van der Waals surface area (Å²) in [6.07, 6.45) is 0. The number of hydrogen-bond acceptors (Lipinski definition) is 10. The maximum atomic E-state index is 12.2. The van der Waals surface area contributed by atoms with Gasteiger partial charge < -0.3 is 14.9 Å². The number of nitrogens with zero attached hydrogens (tertiary/aromatic N) is 2. The lowest BCUT2D eigenvalue weighted by Gasteiger charge is -2.26. The van der Waals surface area contributed by atoms with Gasteiger partial charge in [-0.15, -0.1) is 22.7 Å². The SMILES string of the molecule is O=C1OC(CO)(CSc2nc3ccccc3s2)C(Sc2nc3ccccc3s2)=C1O. The molecule has 0 aliphatic carbocycles. The second-order valence-electron chi connectivity index (χ2n) is 6.51. The van der Waals surface area contributed by atoms with E-state index in [1.165, 1.54) is 34.4 Å². The van der Waals surface area contributed by atoms with E-state index in [1.807, 2.05) is 48.5 Å². The zero-order valence-corrected chi connectivity index (χ0v) is 18.5. The summed E-state index contributed by atoms with van der Waals surface area (Å²) in [5.74, 6) is -1.08. The first kappa shape index (κ1) is 19.8. The van der Waals surface area contributed by atoms with Gasteiger partial charge in [0.2, 0.25) is 5.76 Å². The van der Waals surface area contributed by atoms with Gasteiger partial charge in [0.25, 0.3) is 0 Å². The van der Waals surface area contributed by atoms with Crippen LogP contribution in [0.4, 0.5) is 0 Å². The predicted octanol–water partition coefficient (Wildman–Crippen LogP) is 4.85. The van der Waals surface area contributed by atoms with Crippen molar-refractivity contribution in [3.63, 3.8) is 0 Å². The first-order chi connectivity index (χ1) is 14.6. The summed E-state index contributed by atoms with van der Waals surface area (Å²) in [6.45, 7) is -0.450. The largest absolute Gasteiger partial charge is 0.501 e. The fourth-order valence-corrected chi connectivity index (χ4v) is 7.57. The summed E-state index contributed by atoms with van der Waals surface area (Å²) in [6, 6.07) is 15.5. The van der Waals surface area contributed by atoms with Crippen LogP contribution in [0.2, 0.25) is 0 Å². The van der Waals surface area contributed by atoms with E-state index < -0.39 is 23.9 Å². The van der Waals surface area contributed by atoms with Crippen molar-refractivity contribution in [2.24, 2.45) is 0 Å². The second kappa shape index (κ2) is 7.86. The molecule has 1 aliphatic heterocycles. The van der Waals surface area contributed by atoms with Gasteiger partial charge in [-0.3, -0.25) is 0 Å². The van der Waals surface area contributed by atoms with Crippen LogP contribution in [-0.2, 0) is 9.53 Å². The molecular weight excluding hydrogens is 460 g/mol. The van der Waals surface area contributed by atoms with E-state index >= 15 is 0 Å². The molecule has 2 aromatic heterocycles. The molecule has 1 atom stereocenters. The van der Waals surface area contributed by atoms with Gasteiger partial charge >= 0.3 is 5.97 Å². The number of aliphatic hydroxyl groups excluding tert-OH is 2. The van der Waals surface area contributed by atoms with Gasteiger partial charge in [0, 0.05) is 5.75 Å². The molecule has 2 N–H and O–H groups in total. The third kappa shape index (κ3) is 3.48. The number of fused-ring (bicyclic) bond motifs is 2. The quantitative estimate of drug-likeness (QED) is 0.303. The molecule has 0 saturated heterocycles. The van der Waals surface area contributed by atoms with Gasteiger partial charge in [-0.05, 0) is 24.3 Å².